The Bertz CT molecular complexity index is 992. The number of aromatic nitrogens is 2. The van der Waals surface area contributed by atoms with Gasteiger partial charge in [-0.1, -0.05) is 48.5 Å². The van der Waals surface area contributed by atoms with E-state index in [-0.39, 0.29) is 5.92 Å². The van der Waals surface area contributed by atoms with Gasteiger partial charge >= 0.3 is 0 Å². The van der Waals surface area contributed by atoms with Crippen LogP contribution in [0.15, 0.2) is 60.7 Å². The molecule has 3 aromatic rings. The molecule has 0 radical (unpaired) electrons. The van der Waals surface area contributed by atoms with Crippen LogP contribution in [0.25, 0.3) is 16.6 Å². The van der Waals surface area contributed by atoms with Crippen LogP contribution in [0.3, 0.4) is 0 Å². The Morgan fingerprint density at radius 2 is 1.90 bits per heavy atom. The van der Waals surface area contributed by atoms with Crippen LogP contribution in [0.1, 0.15) is 37.1 Å². The molecule has 2 bridgehead atoms. The van der Waals surface area contributed by atoms with E-state index in [1.165, 1.54) is 17.6 Å². The maximum atomic E-state index is 11.5. The number of nitrogens with one attached hydrogen (secondary N) is 1. The smallest absolute Gasteiger partial charge is 0.121 e. The Labute approximate surface area is 172 Å². The van der Waals surface area contributed by atoms with E-state index in [0.717, 1.165) is 49.2 Å². The van der Waals surface area contributed by atoms with Crippen molar-refractivity contribution in [1.29, 1.82) is 0 Å². The van der Waals surface area contributed by atoms with Gasteiger partial charge in [0.25, 0.3) is 0 Å². The maximum absolute atomic E-state index is 11.5. The average molecular weight is 388 g/mol. The molecule has 1 fully saturated rings. The lowest BCUT2D eigenvalue weighted by atomic mass is 9.61. The number of nitrogens with zero attached hydrogens (tertiary/aromatic N) is 2. The number of fused-ring (bicyclic) bond motifs is 3. The van der Waals surface area contributed by atoms with E-state index in [9.17, 15) is 5.11 Å². The molecule has 6 rings (SSSR count). The minimum atomic E-state index is -0.580. The molecule has 0 saturated heterocycles. The second-order valence-corrected chi connectivity index (χ2v) is 8.86. The van der Waals surface area contributed by atoms with Crippen LogP contribution in [0.4, 0.5) is 0 Å². The van der Waals surface area contributed by atoms with Crippen molar-refractivity contribution in [3.8, 4) is 0 Å². The predicted octanol–water partition coefficient (Wildman–Crippen LogP) is 4.63. The molecule has 1 aromatic heterocycles. The molecular weight excluding hydrogens is 358 g/mol. The normalized spacial score (nSPS) is 26.2. The summed E-state index contributed by atoms with van der Waals surface area (Å²) in [7, 11) is 2.11. The van der Waals surface area contributed by atoms with Crippen molar-refractivity contribution >= 4 is 16.6 Å². The third-order valence-electron chi connectivity index (χ3n) is 6.83. The molecule has 1 saturated carbocycles. The summed E-state index contributed by atoms with van der Waals surface area (Å²) < 4.78 is 0. The average Bonchev–Trinajstić information content (AvgIpc) is 3.15. The van der Waals surface area contributed by atoms with E-state index in [0.29, 0.717) is 5.92 Å². The fourth-order valence-electron chi connectivity index (χ4n) is 5.24. The Morgan fingerprint density at radius 1 is 1.10 bits per heavy atom. The van der Waals surface area contributed by atoms with Crippen molar-refractivity contribution < 1.29 is 5.11 Å². The highest BCUT2D eigenvalue weighted by atomic mass is 16.3. The van der Waals surface area contributed by atoms with Crippen molar-refractivity contribution in [2.24, 2.45) is 11.8 Å². The van der Waals surface area contributed by atoms with Crippen LogP contribution in [0.2, 0.25) is 0 Å². The van der Waals surface area contributed by atoms with Crippen molar-refractivity contribution in [2.75, 3.05) is 13.6 Å². The lowest BCUT2D eigenvalue weighted by molar-refractivity contribution is -0.0578. The molecule has 150 valence electrons. The number of rotatable bonds is 6. The number of imidazole rings is 1. The minimum Gasteiger partial charge on any atom is -0.389 e. The third-order valence-corrected chi connectivity index (χ3v) is 6.83. The zero-order chi connectivity index (χ0) is 19.8. The van der Waals surface area contributed by atoms with Crippen LogP contribution in [-0.4, -0.2) is 39.2 Å². The molecule has 0 unspecified atom stereocenters. The van der Waals surface area contributed by atoms with E-state index in [2.05, 4.69) is 64.4 Å². The number of H-pyrrole nitrogens is 1. The second kappa shape index (κ2) is 7.43. The quantitative estimate of drug-likeness (QED) is 0.648. The Hall–Kier alpha value is -2.43. The summed E-state index contributed by atoms with van der Waals surface area (Å²) in [5, 5.41) is 11.5. The standard InChI is InChI=1S/C25H29N3O/c1-28(17-24-26-22-9-5-6-10-23(22)27-24)14-13-25(29)16-19-11-12-20(25)15-21(19)18-7-3-2-4-8-18/h2-10,15,19-20,29H,11-14,16-17H2,1H3,(H,26,27)/t19-,20-,25+/m0/s1. The molecule has 2 N–H and O–H groups in total. The van der Waals surface area contributed by atoms with Crippen molar-refractivity contribution in [1.82, 2.24) is 14.9 Å². The predicted molar refractivity (Wildman–Crippen MR) is 117 cm³/mol. The van der Waals surface area contributed by atoms with Crippen molar-refractivity contribution in [3.63, 3.8) is 0 Å². The molecule has 3 atom stereocenters. The molecule has 3 aliphatic rings. The summed E-state index contributed by atoms with van der Waals surface area (Å²) in [6, 6.07) is 18.8. The number of hydrogen-bond donors (Lipinski definition) is 2. The zero-order valence-electron chi connectivity index (χ0n) is 17.0. The summed E-state index contributed by atoms with van der Waals surface area (Å²) in [5.74, 6) is 1.73. The first-order valence-electron chi connectivity index (χ1n) is 10.7. The van der Waals surface area contributed by atoms with Gasteiger partial charge in [-0.25, -0.2) is 4.98 Å². The van der Waals surface area contributed by atoms with E-state index in [4.69, 9.17) is 0 Å². The van der Waals surface area contributed by atoms with E-state index in [1.54, 1.807) is 0 Å². The number of aromatic amines is 1. The molecule has 4 heteroatoms. The maximum Gasteiger partial charge on any atom is 0.121 e. The van der Waals surface area contributed by atoms with Crippen LogP contribution in [0, 0.1) is 11.8 Å². The summed E-state index contributed by atoms with van der Waals surface area (Å²) in [4.78, 5) is 10.3. The zero-order valence-corrected chi connectivity index (χ0v) is 17.0. The van der Waals surface area contributed by atoms with E-state index in [1.807, 2.05) is 18.2 Å². The minimum absolute atomic E-state index is 0.266. The number of benzene rings is 2. The largest absolute Gasteiger partial charge is 0.389 e. The number of hydrogen-bond acceptors (Lipinski definition) is 3. The Kier molecular flexibility index (Phi) is 4.76. The molecule has 0 amide bonds. The van der Waals surface area contributed by atoms with Gasteiger partial charge in [0, 0.05) is 12.5 Å². The molecule has 3 aliphatic carbocycles. The fraction of sp³-hybridized carbons (Fsp3) is 0.400. The highest BCUT2D eigenvalue weighted by molar-refractivity contribution is 5.74. The van der Waals surface area contributed by atoms with Gasteiger partial charge in [-0.2, -0.15) is 0 Å². The summed E-state index contributed by atoms with van der Waals surface area (Å²) in [5.41, 5.74) is 4.28. The van der Waals surface area contributed by atoms with E-state index < -0.39 is 5.60 Å². The lowest BCUT2D eigenvalue weighted by Gasteiger charge is -2.48. The van der Waals surface area contributed by atoms with Gasteiger partial charge < -0.3 is 10.1 Å². The first-order chi connectivity index (χ1) is 14.1. The summed E-state index contributed by atoms with van der Waals surface area (Å²) >= 11 is 0. The van der Waals surface area contributed by atoms with Crippen LogP contribution >= 0.6 is 0 Å². The van der Waals surface area contributed by atoms with Crippen LogP contribution in [-0.2, 0) is 6.54 Å². The molecule has 0 spiro atoms. The van der Waals surface area contributed by atoms with Gasteiger partial charge in [-0.05, 0) is 61.9 Å². The summed E-state index contributed by atoms with van der Waals surface area (Å²) in [6.45, 7) is 1.63. The first kappa shape index (κ1) is 18.6. The fourth-order valence-corrected chi connectivity index (χ4v) is 5.24. The molecule has 29 heavy (non-hydrogen) atoms. The molecule has 0 aliphatic heterocycles. The van der Waals surface area contributed by atoms with Gasteiger partial charge in [0.05, 0.1) is 23.2 Å². The topological polar surface area (TPSA) is 52.1 Å². The number of allylic oxidation sites excluding steroid dienone is 1. The molecule has 4 nitrogen and oxygen atoms in total. The van der Waals surface area contributed by atoms with Crippen molar-refractivity contribution in [3.05, 3.63) is 72.1 Å². The summed E-state index contributed by atoms with van der Waals surface area (Å²) in [6.07, 6.45) is 6.36. The van der Waals surface area contributed by atoms with Crippen LogP contribution in [0.5, 0.6) is 0 Å². The van der Waals surface area contributed by atoms with Crippen molar-refractivity contribution in [2.45, 2.75) is 37.8 Å². The first-order valence-corrected chi connectivity index (χ1v) is 10.7. The van der Waals surface area contributed by atoms with Gasteiger partial charge in [0.1, 0.15) is 5.82 Å². The third kappa shape index (κ3) is 3.63. The SMILES string of the molecule is CN(CC[C@@]1(O)C[C@@H]2CC[C@H]1C=C2c1ccccc1)Cc1nc2ccccc2[nH]1. The molecular formula is C25H29N3O. The molecule has 2 aromatic carbocycles. The lowest BCUT2D eigenvalue weighted by Crippen LogP contribution is -2.47. The Balaban J connectivity index is 1.24. The van der Waals surface area contributed by atoms with Crippen LogP contribution < -0.4 is 0 Å². The number of aliphatic hydroxyl groups is 1. The highest BCUT2D eigenvalue weighted by Crippen LogP contribution is 2.51. The number of para-hydroxylation sites is 2. The Morgan fingerprint density at radius 3 is 2.66 bits per heavy atom. The highest BCUT2D eigenvalue weighted by Gasteiger charge is 2.46. The monoisotopic (exact) mass is 387 g/mol. The van der Waals surface area contributed by atoms with Gasteiger partial charge in [0.2, 0.25) is 0 Å². The van der Waals surface area contributed by atoms with Gasteiger partial charge in [0.15, 0.2) is 0 Å². The van der Waals surface area contributed by atoms with Gasteiger partial charge in [-0.15, -0.1) is 0 Å². The second-order valence-electron chi connectivity index (χ2n) is 8.86. The molecule has 1 heterocycles. The van der Waals surface area contributed by atoms with Gasteiger partial charge in [-0.3, -0.25) is 4.90 Å². The van der Waals surface area contributed by atoms with E-state index >= 15 is 0 Å².